The second kappa shape index (κ2) is 6.12. The Balaban J connectivity index is 1.89. The number of benzene rings is 1. The molecule has 1 N–H and O–H groups in total. The van der Waals surface area contributed by atoms with Gasteiger partial charge in [-0.1, -0.05) is 15.9 Å². The number of rotatable bonds is 4. The lowest BCUT2D eigenvalue weighted by Gasteiger charge is -2.17. The minimum atomic E-state index is -0.319. The first-order chi connectivity index (χ1) is 10.2. The van der Waals surface area contributed by atoms with Crippen molar-refractivity contribution >= 4 is 15.9 Å². The van der Waals surface area contributed by atoms with Crippen LogP contribution in [0.3, 0.4) is 0 Å². The number of hydrogen-bond acceptors (Lipinski definition) is 3. The molecule has 1 atom stereocenters. The van der Waals surface area contributed by atoms with Crippen molar-refractivity contribution in [2.45, 2.75) is 18.9 Å². The summed E-state index contributed by atoms with van der Waals surface area (Å²) in [6.07, 6.45) is 2.94. The molecule has 3 rings (SSSR count). The van der Waals surface area contributed by atoms with Gasteiger partial charge in [-0.2, -0.15) is 0 Å². The number of hydrogen-bond donors (Lipinski definition) is 1. The molecular weight excluding hydrogens is 335 g/mol. The maximum Gasteiger partial charge on any atom is 0.141 e. The Morgan fingerprint density at radius 2 is 2.29 bits per heavy atom. The van der Waals surface area contributed by atoms with Crippen molar-refractivity contribution in [1.29, 1.82) is 0 Å². The summed E-state index contributed by atoms with van der Waals surface area (Å²) in [5.41, 5.74) is 3.20. The van der Waals surface area contributed by atoms with Crippen LogP contribution in [0, 0.1) is 5.82 Å². The van der Waals surface area contributed by atoms with Crippen LogP contribution in [-0.2, 0) is 12.8 Å². The Labute approximate surface area is 131 Å². The number of halogens is 2. The summed E-state index contributed by atoms with van der Waals surface area (Å²) in [4.78, 5) is 4.17. The van der Waals surface area contributed by atoms with Crippen LogP contribution in [0.25, 0.3) is 0 Å². The average Bonchev–Trinajstić information content (AvgIpc) is 2.94. The predicted molar refractivity (Wildman–Crippen MR) is 83.0 cm³/mol. The van der Waals surface area contributed by atoms with Gasteiger partial charge in [-0.05, 0) is 48.9 Å². The van der Waals surface area contributed by atoms with Crippen molar-refractivity contribution in [3.05, 3.63) is 57.6 Å². The molecule has 2 heterocycles. The number of nitrogens with one attached hydrogen (secondary N) is 1. The predicted octanol–water partition coefficient (Wildman–Crippen LogP) is 3.42. The molecule has 1 aliphatic heterocycles. The van der Waals surface area contributed by atoms with Crippen LogP contribution in [0.1, 0.15) is 22.9 Å². The normalized spacial score (nSPS) is 14.6. The van der Waals surface area contributed by atoms with Crippen molar-refractivity contribution in [3.8, 4) is 5.75 Å². The number of ether oxygens (including phenoxy) is 1. The maximum atomic E-state index is 13.0. The van der Waals surface area contributed by atoms with E-state index < -0.39 is 0 Å². The summed E-state index contributed by atoms with van der Waals surface area (Å²) in [5, 5.41) is 3.24. The van der Waals surface area contributed by atoms with Crippen LogP contribution in [0.5, 0.6) is 5.75 Å². The first-order valence-electron chi connectivity index (χ1n) is 6.90. The van der Waals surface area contributed by atoms with E-state index in [9.17, 15) is 4.39 Å². The molecule has 2 aromatic rings. The first-order valence-corrected chi connectivity index (χ1v) is 7.69. The van der Waals surface area contributed by atoms with E-state index in [1.165, 1.54) is 17.8 Å². The fourth-order valence-electron chi connectivity index (χ4n) is 2.67. The number of nitrogens with zero attached hydrogens (tertiary/aromatic N) is 1. The largest absolute Gasteiger partial charge is 0.493 e. The molecule has 0 aliphatic carbocycles. The molecule has 0 radical (unpaired) electrons. The zero-order valence-electron chi connectivity index (χ0n) is 11.7. The van der Waals surface area contributed by atoms with E-state index in [-0.39, 0.29) is 11.9 Å². The van der Waals surface area contributed by atoms with Gasteiger partial charge in [-0.15, -0.1) is 0 Å². The SMILES string of the molecule is CNC(Cc1cc(Br)cc2c1OCC2)c1ccc(F)cn1. The van der Waals surface area contributed by atoms with Crippen LogP contribution in [0.2, 0.25) is 0 Å². The second-order valence-corrected chi connectivity index (χ2v) is 6.01. The summed E-state index contributed by atoms with van der Waals surface area (Å²) in [7, 11) is 1.88. The summed E-state index contributed by atoms with van der Waals surface area (Å²) in [5.74, 6) is 0.667. The zero-order valence-corrected chi connectivity index (χ0v) is 13.3. The zero-order chi connectivity index (χ0) is 14.8. The fourth-order valence-corrected chi connectivity index (χ4v) is 3.22. The fraction of sp³-hybridized carbons (Fsp3) is 0.312. The van der Waals surface area contributed by atoms with Gasteiger partial charge < -0.3 is 10.1 Å². The van der Waals surface area contributed by atoms with E-state index >= 15 is 0 Å². The lowest BCUT2D eigenvalue weighted by atomic mass is 9.99. The van der Waals surface area contributed by atoms with Crippen LogP contribution < -0.4 is 10.1 Å². The standard InChI is InChI=1S/C16H16BrFN2O/c1-19-15(14-3-2-13(18)9-20-14)8-11-7-12(17)6-10-4-5-21-16(10)11/h2-3,6-7,9,15,19H,4-5,8H2,1H3. The third-order valence-corrected chi connectivity index (χ3v) is 4.16. The van der Waals surface area contributed by atoms with Crippen LogP contribution >= 0.6 is 15.9 Å². The molecule has 3 nitrogen and oxygen atoms in total. The number of fused-ring (bicyclic) bond motifs is 1. The van der Waals surface area contributed by atoms with Crippen molar-refractivity contribution in [2.75, 3.05) is 13.7 Å². The van der Waals surface area contributed by atoms with E-state index in [2.05, 4.69) is 38.4 Å². The molecule has 0 spiro atoms. The summed E-state index contributed by atoms with van der Waals surface area (Å²) in [6, 6.07) is 7.37. The highest BCUT2D eigenvalue weighted by Crippen LogP contribution is 2.35. The highest BCUT2D eigenvalue weighted by molar-refractivity contribution is 9.10. The third kappa shape index (κ3) is 3.09. The van der Waals surface area contributed by atoms with Gasteiger partial charge in [0.05, 0.1) is 24.5 Å². The molecule has 0 saturated heterocycles. The lowest BCUT2D eigenvalue weighted by molar-refractivity contribution is 0.351. The molecule has 0 saturated carbocycles. The van der Waals surface area contributed by atoms with Crippen LogP contribution in [-0.4, -0.2) is 18.6 Å². The Hall–Kier alpha value is -1.46. The van der Waals surface area contributed by atoms with E-state index in [0.29, 0.717) is 0 Å². The summed E-state index contributed by atoms with van der Waals surface area (Å²) < 4.78 is 19.8. The molecule has 0 fully saturated rings. The topological polar surface area (TPSA) is 34.1 Å². The average molecular weight is 351 g/mol. The smallest absolute Gasteiger partial charge is 0.141 e. The first kappa shape index (κ1) is 14.5. The minimum absolute atomic E-state index is 0.0215. The number of aromatic nitrogens is 1. The number of pyridine rings is 1. The van der Waals surface area contributed by atoms with E-state index in [1.807, 2.05) is 7.05 Å². The molecule has 1 aromatic heterocycles. The Morgan fingerprint density at radius 3 is 3.00 bits per heavy atom. The van der Waals surface area contributed by atoms with Crippen LogP contribution in [0.15, 0.2) is 34.9 Å². The van der Waals surface area contributed by atoms with Crippen molar-refractivity contribution in [2.24, 2.45) is 0 Å². The molecular formula is C16H16BrFN2O. The van der Waals surface area contributed by atoms with E-state index in [4.69, 9.17) is 4.74 Å². The summed E-state index contributed by atoms with van der Waals surface area (Å²) >= 11 is 3.55. The Morgan fingerprint density at radius 1 is 1.43 bits per heavy atom. The van der Waals surface area contributed by atoms with E-state index in [0.717, 1.165) is 40.9 Å². The Kier molecular flexibility index (Phi) is 4.22. The molecule has 21 heavy (non-hydrogen) atoms. The molecule has 1 aliphatic rings. The Bertz CT molecular complexity index is 645. The van der Waals surface area contributed by atoms with Gasteiger partial charge in [0.2, 0.25) is 0 Å². The van der Waals surface area contributed by atoms with Gasteiger partial charge in [0.1, 0.15) is 11.6 Å². The van der Waals surface area contributed by atoms with Gasteiger partial charge >= 0.3 is 0 Å². The quantitative estimate of drug-likeness (QED) is 0.917. The molecule has 1 aromatic carbocycles. The van der Waals surface area contributed by atoms with Crippen molar-refractivity contribution in [1.82, 2.24) is 10.3 Å². The monoisotopic (exact) mass is 350 g/mol. The van der Waals surface area contributed by atoms with Gasteiger partial charge in [0, 0.05) is 10.9 Å². The number of likely N-dealkylation sites (N-methyl/N-ethyl adjacent to an activating group) is 1. The minimum Gasteiger partial charge on any atom is -0.493 e. The van der Waals surface area contributed by atoms with Crippen molar-refractivity contribution < 1.29 is 9.13 Å². The third-order valence-electron chi connectivity index (χ3n) is 3.71. The van der Waals surface area contributed by atoms with Gasteiger partial charge in [0.25, 0.3) is 0 Å². The highest BCUT2D eigenvalue weighted by atomic mass is 79.9. The summed E-state index contributed by atoms with van der Waals surface area (Å²) in [6.45, 7) is 0.734. The molecule has 110 valence electrons. The molecule has 0 amide bonds. The molecule has 1 unspecified atom stereocenters. The second-order valence-electron chi connectivity index (χ2n) is 5.10. The molecule has 5 heteroatoms. The van der Waals surface area contributed by atoms with Crippen LogP contribution in [0.4, 0.5) is 4.39 Å². The molecule has 0 bridgehead atoms. The lowest BCUT2D eigenvalue weighted by Crippen LogP contribution is -2.20. The van der Waals surface area contributed by atoms with Gasteiger partial charge in [0.15, 0.2) is 0 Å². The van der Waals surface area contributed by atoms with E-state index in [1.54, 1.807) is 6.07 Å². The van der Waals surface area contributed by atoms with Gasteiger partial charge in [-0.3, -0.25) is 4.98 Å². The van der Waals surface area contributed by atoms with Crippen molar-refractivity contribution in [3.63, 3.8) is 0 Å². The van der Waals surface area contributed by atoms with Gasteiger partial charge in [-0.25, -0.2) is 4.39 Å². The maximum absolute atomic E-state index is 13.0. The highest BCUT2D eigenvalue weighted by Gasteiger charge is 2.21.